The Morgan fingerprint density at radius 3 is 2.72 bits per heavy atom. The second-order valence-corrected chi connectivity index (χ2v) is 4.45. The average molecular weight is 310 g/mol. The van der Waals surface area contributed by atoms with E-state index < -0.39 is 0 Å². The minimum absolute atomic E-state index is 0.214. The van der Waals surface area contributed by atoms with Gasteiger partial charge in [0.05, 0.1) is 7.11 Å². The first-order chi connectivity index (χ1) is 8.61. The molecule has 94 valence electrons. The number of amides is 1. The van der Waals surface area contributed by atoms with Gasteiger partial charge in [-0.1, -0.05) is 6.07 Å². The molecule has 0 unspecified atom stereocenters. The standard InChI is InChI=1S/C13H12BrNO3/c1-15(9-4-3-5-10(8-9)17-2)13(16)11-6-7-12(14)18-11/h3-8H,1-2H3. The van der Waals surface area contributed by atoms with E-state index in [-0.39, 0.29) is 11.7 Å². The summed E-state index contributed by atoms with van der Waals surface area (Å²) < 4.78 is 10.9. The van der Waals surface area contributed by atoms with Crippen molar-refractivity contribution in [2.45, 2.75) is 0 Å². The number of benzene rings is 1. The molecule has 18 heavy (non-hydrogen) atoms. The van der Waals surface area contributed by atoms with Crippen molar-refractivity contribution < 1.29 is 13.9 Å². The number of anilines is 1. The van der Waals surface area contributed by atoms with Gasteiger partial charge in [-0.05, 0) is 40.2 Å². The van der Waals surface area contributed by atoms with Crippen LogP contribution in [0.4, 0.5) is 5.69 Å². The molecule has 0 saturated carbocycles. The van der Waals surface area contributed by atoms with Crippen molar-refractivity contribution in [2.75, 3.05) is 19.1 Å². The topological polar surface area (TPSA) is 42.7 Å². The number of furan rings is 1. The van der Waals surface area contributed by atoms with E-state index in [9.17, 15) is 4.79 Å². The van der Waals surface area contributed by atoms with Crippen LogP contribution in [0.1, 0.15) is 10.6 Å². The zero-order valence-electron chi connectivity index (χ0n) is 10.0. The van der Waals surface area contributed by atoms with Crippen LogP contribution in [0.3, 0.4) is 0 Å². The monoisotopic (exact) mass is 309 g/mol. The van der Waals surface area contributed by atoms with E-state index in [4.69, 9.17) is 9.15 Å². The fourth-order valence-corrected chi connectivity index (χ4v) is 1.84. The predicted octanol–water partition coefficient (Wildman–Crippen LogP) is 3.33. The minimum Gasteiger partial charge on any atom is -0.497 e. The van der Waals surface area contributed by atoms with E-state index in [1.54, 1.807) is 32.4 Å². The number of halogens is 1. The first kappa shape index (κ1) is 12.7. The first-order valence-corrected chi connectivity index (χ1v) is 6.08. The van der Waals surface area contributed by atoms with E-state index in [0.717, 1.165) is 5.69 Å². The molecule has 0 aliphatic rings. The number of methoxy groups -OCH3 is 1. The van der Waals surface area contributed by atoms with Crippen LogP contribution in [0.15, 0.2) is 45.5 Å². The highest BCUT2D eigenvalue weighted by atomic mass is 79.9. The Balaban J connectivity index is 2.25. The molecule has 0 radical (unpaired) electrons. The van der Waals surface area contributed by atoms with Gasteiger partial charge in [0, 0.05) is 18.8 Å². The molecule has 1 heterocycles. The molecule has 2 aromatic rings. The minimum atomic E-state index is -0.214. The van der Waals surface area contributed by atoms with Crippen LogP contribution in [0.25, 0.3) is 0 Å². The maximum atomic E-state index is 12.1. The van der Waals surface area contributed by atoms with Gasteiger partial charge in [-0.15, -0.1) is 0 Å². The van der Waals surface area contributed by atoms with Crippen molar-refractivity contribution in [3.05, 3.63) is 46.8 Å². The summed E-state index contributed by atoms with van der Waals surface area (Å²) in [6.07, 6.45) is 0. The van der Waals surface area contributed by atoms with Gasteiger partial charge in [-0.25, -0.2) is 0 Å². The summed E-state index contributed by atoms with van der Waals surface area (Å²) in [7, 11) is 3.28. The lowest BCUT2D eigenvalue weighted by Gasteiger charge is -2.16. The van der Waals surface area contributed by atoms with Crippen molar-refractivity contribution in [1.29, 1.82) is 0 Å². The molecule has 1 aromatic heterocycles. The summed E-state index contributed by atoms with van der Waals surface area (Å²) in [5, 5.41) is 0. The van der Waals surface area contributed by atoms with Crippen LogP contribution in [0, 0.1) is 0 Å². The van der Waals surface area contributed by atoms with Gasteiger partial charge in [-0.2, -0.15) is 0 Å². The van der Waals surface area contributed by atoms with Gasteiger partial charge in [0.15, 0.2) is 10.4 Å². The SMILES string of the molecule is COc1cccc(N(C)C(=O)c2ccc(Br)o2)c1. The van der Waals surface area contributed by atoms with Gasteiger partial charge in [0.2, 0.25) is 0 Å². The third-order valence-corrected chi connectivity index (χ3v) is 2.96. The predicted molar refractivity (Wildman–Crippen MR) is 72.1 cm³/mol. The summed E-state index contributed by atoms with van der Waals surface area (Å²) in [4.78, 5) is 13.6. The van der Waals surface area contributed by atoms with Crippen molar-refractivity contribution in [3.63, 3.8) is 0 Å². The lowest BCUT2D eigenvalue weighted by atomic mass is 10.2. The van der Waals surface area contributed by atoms with Gasteiger partial charge >= 0.3 is 0 Å². The quantitative estimate of drug-likeness (QED) is 0.873. The first-order valence-electron chi connectivity index (χ1n) is 5.29. The molecule has 0 saturated heterocycles. The Bertz CT molecular complexity index is 565. The summed E-state index contributed by atoms with van der Waals surface area (Å²) in [5.74, 6) is 0.772. The number of nitrogens with zero attached hydrogens (tertiary/aromatic N) is 1. The summed E-state index contributed by atoms with van der Waals surface area (Å²) >= 11 is 3.17. The molecular formula is C13H12BrNO3. The molecule has 1 amide bonds. The lowest BCUT2D eigenvalue weighted by molar-refractivity contribution is 0.0965. The second kappa shape index (κ2) is 5.27. The molecule has 0 aliphatic heterocycles. The molecule has 0 aliphatic carbocycles. The third-order valence-electron chi connectivity index (χ3n) is 2.53. The summed E-state index contributed by atoms with van der Waals surface area (Å²) in [6, 6.07) is 10.6. The molecule has 0 fully saturated rings. The van der Waals surface area contributed by atoms with E-state index in [1.165, 1.54) is 4.90 Å². The molecule has 1 aromatic carbocycles. The second-order valence-electron chi connectivity index (χ2n) is 3.67. The fraction of sp³-hybridized carbons (Fsp3) is 0.154. The third kappa shape index (κ3) is 2.56. The van der Waals surface area contributed by atoms with Crippen molar-refractivity contribution in [3.8, 4) is 5.75 Å². The molecule has 4 nitrogen and oxygen atoms in total. The summed E-state index contributed by atoms with van der Waals surface area (Å²) in [6.45, 7) is 0. The maximum absolute atomic E-state index is 12.1. The Kier molecular flexibility index (Phi) is 3.72. The van der Waals surface area contributed by atoms with Crippen LogP contribution in [0.2, 0.25) is 0 Å². The van der Waals surface area contributed by atoms with Gasteiger partial charge < -0.3 is 14.1 Å². The number of hydrogen-bond acceptors (Lipinski definition) is 3. The number of hydrogen-bond donors (Lipinski definition) is 0. The number of ether oxygens (including phenoxy) is 1. The average Bonchev–Trinajstić information content (AvgIpc) is 2.83. The Morgan fingerprint density at radius 1 is 1.33 bits per heavy atom. The molecule has 0 bridgehead atoms. The highest BCUT2D eigenvalue weighted by Gasteiger charge is 2.17. The largest absolute Gasteiger partial charge is 0.497 e. The van der Waals surface area contributed by atoms with Crippen molar-refractivity contribution in [2.24, 2.45) is 0 Å². The summed E-state index contributed by atoms with van der Waals surface area (Å²) in [5.41, 5.74) is 0.742. The Labute approximate surface area is 113 Å². The van der Waals surface area contributed by atoms with Crippen LogP contribution < -0.4 is 9.64 Å². The van der Waals surface area contributed by atoms with Crippen molar-refractivity contribution >= 4 is 27.5 Å². The van der Waals surface area contributed by atoms with Gasteiger partial charge in [0.25, 0.3) is 5.91 Å². The smallest absolute Gasteiger partial charge is 0.293 e. The Morgan fingerprint density at radius 2 is 2.11 bits per heavy atom. The molecule has 5 heteroatoms. The van der Waals surface area contributed by atoms with Gasteiger partial charge in [0.1, 0.15) is 5.75 Å². The number of carbonyl (C=O) groups excluding carboxylic acids is 1. The molecule has 0 spiro atoms. The van der Waals surface area contributed by atoms with E-state index in [2.05, 4.69) is 15.9 Å². The zero-order chi connectivity index (χ0) is 13.1. The molecule has 0 N–H and O–H groups in total. The highest BCUT2D eigenvalue weighted by Crippen LogP contribution is 2.22. The van der Waals surface area contributed by atoms with Gasteiger partial charge in [-0.3, -0.25) is 4.79 Å². The van der Waals surface area contributed by atoms with Crippen LogP contribution >= 0.6 is 15.9 Å². The van der Waals surface area contributed by atoms with E-state index in [1.807, 2.05) is 18.2 Å². The zero-order valence-corrected chi connectivity index (χ0v) is 11.6. The number of carbonyl (C=O) groups is 1. The van der Waals surface area contributed by atoms with Crippen LogP contribution in [-0.2, 0) is 0 Å². The Hall–Kier alpha value is -1.75. The van der Waals surface area contributed by atoms with Crippen LogP contribution in [-0.4, -0.2) is 20.1 Å². The normalized spacial score (nSPS) is 10.2. The van der Waals surface area contributed by atoms with Crippen LogP contribution in [0.5, 0.6) is 5.75 Å². The highest BCUT2D eigenvalue weighted by molar-refractivity contribution is 9.10. The van der Waals surface area contributed by atoms with E-state index in [0.29, 0.717) is 10.4 Å². The molecular weight excluding hydrogens is 298 g/mol. The lowest BCUT2D eigenvalue weighted by Crippen LogP contribution is -2.25. The van der Waals surface area contributed by atoms with Crippen molar-refractivity contribution in [1.82, 2.24) is 0 Å². The molecule has 2 rings (SSSR count). The van der Waals surface area contributed by atoms with E-state index >= 15 is 0 Å². The fourth-order valence-electron chi connectivity index (χ4n) is 1.53. The maximum Gasteiger partial charge on any atom is 0.293 e. The molecule has 0 atom stereocenters. The number of rotatable bonds is 3.